The van der Waals surface area contributed by atoms with Crippen molar-refractivity contribution in [2.45, 2.75) is 13.5 Å². The summed E-state index contributed by atoms with van der Waals surface area (Å²) >= 11 is 0. The lowest BCUT2D eigenvalue weighted by Crippen LogP contribution is -2.38. The van der Waals surface area contributed by atoms with Crippen molar-refractivity contribution in [1.29, 1.82) is 0 Å². The predicted molar refractivity (Wildman–Crippen MR) is 87.1 cm³/mol. The van der Waals surface area contributed by atoms with Crippen molar-refractivity contribution in [2.24, 2.45) is 5.41 Å². The lowest BCUT2D eigenvalue weighted by molar-refractivity contribution is 0.0399. The van der Waals surface area contributed by atoms with Crippen LogP contribution in [-0.2, 0) is 6.54 Å². The van der Waals surface area contributed by atoms with E-state index >= 15 is 0 Å². The quantitative estimate of drug-likeness (QED) is 0.772. The van der Waals surface area contributed by atoms with Gasteiger partial charge in [0, 0.05) is 24.1 Å². The first kappa shape index (κ1) is 17.5. The van der Waals surface area contributed by atoms with E-state index in [1.807, 2.05) is 43.1 Å². The molecule has 0 spiro atoms. The molecule has 0 aliphatic heterocycles. The molecule has 1 aromatic carbocycles. The Morgan fingerprint density at radius 2 is 1.87 bits per heavy atom. The van der Waals surface area contributed by atoms with Gasteiger partial charge in [0.25, 0.3) is 0 Å². The third-order valence-electron chi connectivity index (χ3n) is 3.74. The molecule has 2 N–H and O–H groups in total. The Labute approximate surface area is 136 Å². The van der Waals surface area contributed by atoms with Gasteiger partial charge in [-0.3, -0.25) is 4.90 Å². The Morgan fingerprint density at radius 1 is 1.22 bits per heavy atom. The van der Waals surface area contributed by atoms with Crippen LogP contribution in [0.4, 0.5) is 0 Å². The lowest BCUT2D eigenvalue weighted by Gasteiger charge is -2.29. The van der Waals surface area contributed by atoms with Gasteiger partial charge in [-0.15, -0.1) is 0 Å². The second-order valence-electron chi connectivity index (χ2n) is 6.17. The average Bonchev–Trinajstić information content (AvgIpc) is 3.03. The molecule has 0 aliphatic rings. The summed E-state index contributed by atoms with van der Waals surface area (Å²) in [7, 11) is 3.55. The van der Waals surface area contributed by atoms with Gasteiger partial charge in [0.15, 0.2) is 0 Å². The van der Waals surface area contributed by atoms with E-state index in [0.29, 0.717) is 19.0 Å². The minimum Gasteiger partial charge on any atom is -0.497 e. The lowest BCUT2D eigenvalue weighted by atomic mass is 9.92. The maximum atomic E-state index is 9.36. The fourth-order valence-electron chi connectivity index (χ4n) is 2.38. The molecule has 0 unspecified atom stereocenters. The molecule has 0 fully saturated rings. The second kappa shape index (κ2) is 7.59. The molecule has 1 heterocycles. The summed E-state index contributed by atoms with van der Waals surface area (Å²) in [4.78, 5) is 6.49. The molecule has 0 amide bonds. The third kappa shape index (κ3) is 4.54. The first-order valence-corrected chi connectivity index (χ1v) is 7.49. The van der Waals surface area contributed by atoms with Gasteiger partial charge in [-0.1, -0.05) is 6.92 Å². The number of oxazole rings is 1. The number of methoxy groups -OCH3 is 1. The summed E-state index contributed by atoms with van der Waals surface area (Å²) in [6.45, 7) is 2.85. The molecule has 2 aromatic rings. The summed E-state index contributed by atoms with van der Waals surface area (Å²) in [5, 5.41) is 18.7. The molecule has 0 saturated heterocycles. The second-order valence-corrected chi connectivity index (χ2v) is 6.17. The van der Waals surface area contributed by atoms with Gasteiger partial charge in [-0.25, -0.2) is 4.98 Å². The molecule has 0 saturated carbocycles. The fraction of sp³-hybridized carbons (Fsp3) is 0.471. The van der Waals surface area contributed by atoms with Crippen molar-refractivity contribution in [3.8, 4) is 17.2 Å². The van der Waals surface area contributed by atoms with Crippen molar-refractivity contribution in [3.63, 3.8) is 0 Å². The van der Waals surface area contributed by atoms with Gasteiger partial charge in [0.2, 0.25) is 5.89 Å². The van der Waals surface area contributed by atoms with E-state index in [1.165, 1.54) is 0 Å². The third-order valence-corrected chi connectivity index (χ3v) is 3.74. The summed E-state index contributed by atoms with van der Waals surface area (Å²) in [6.07, 6.45) is 1.63. The van der Waals surface area contributed by atoms with E-state index in [4.69, 9.17) is 9.15 Å². The van der Waals surface area contributed by atoms with Crippen LogP contribution < -0.4 is 4.74 Å². The Hall–Kier alpha value is -1.89. The summed E-state index contributed by atoms with van der Waals surface area (Å²) in [5.74, 6) is 1.34. The van der Waals surface area contributed by atoms with Crippen LogP contribution in [-0.4, -0.2) is 54.0 Å². The zero-order valence-corrected chi connectivity index (χ0v) is 13.8. The molecular weight excluding hydrogens is 296 g/mol. The van der Waals surface area contributed by atoms with Crippen LogP contribution in [0.5, 0.6) is 5.75 Å². The smallest absolute Gasteiger partial charge is 0.226 e. The Morgan fingerprint density at radius 3 is 2.43 bits per heavy atom. The number of rotatable bonds is 8. The van der Waals surface area contributed by atoms with Crippen LogP contribution in [0, 0.1) is 5.41 Å². The van der Waals surface area contributed by atoms with E-state index in [9.17, 15) is 10.2 Å². The first-order valence-electron chi connectivity index (χ1n) is 7.49. The summed E-state index contributed by atoms with van der Waals surface area (Å²) in [6, 6.07) is 7.51. The SMILES string of the molecule is COc1ccc(-c2nc(CN(C)CC(C)(CO)CO)co2)cc1. The van der Waals surface area contributed by atoms with Crippen molar-refractivity contribution in [1.82, 2.24) is 9.88 Å². The zero-order valence-electron chi connectivity index (χ0n) is 13.8. The Kier molecular flexibility index (Phi) is 5.76. The minimum atomic E-state index is -0.530. The highest BCUT2D eigenvalue weighted by atomic mass is 16.5. The van der Waals surface area contributed by atoms with Crippen LogP contribution in [0.25, 0.3) is 11.5 Å². The first-order chi connectivity index (χ1) is 11.0. The van der Waals surface area contributed by atoms with Gasteiger partial charge in [0.1, 0.15) is 12.0 Å². The number of aliphatic hydroxyl groups is 2. The number of hydrogen-bond acceptors (Lipinski definition) is 6. The Balaban J connectivity index is 2.01. The number of benzene rings is 1. The van der Waals surface area contributed by atoms with Crippen molar-refractivity contribution < 1.29 is 19.4 Å². The summed E-state index contributed by atoms with van der Waals surface area (Å²) in [5.41, 5.74) is 1.16. The van der Waals surface area contributed by atoms with Crippen LogP contribution in [0.15, 0.2) is 34.9 Å². The zero-order chi connectivity index (χ0) is 16.9. The van der Waals surface area contributed by atoms with Crippen LogP contribution in [0.1, 0.15) is 12.6 Å². The van der Waals surface area contributed by atoms with Crippen molar-refractivity contribution in [3.05, 3.63) is 36.2 Å². The fourth-order valence-corrected chi connectivity index (χ4v) is 2.38. The molecule has 23 heavy (non-hydrogen) atoms. The van der Waals surface area contributed by atoms with E-state index in [0.717, 1.165) is 17.0 Å². The van der Waals surface area contributed by atoms with Gasteiger partial charge in [0.05, 0.1) is 26.0 Å². The average molecular weight is 320 g/mol. The number of nitrogens with zero attached hydrogens (tertiary/aromatic N) is 2. The van der Waals surface area contributed by atoms with Gasteiger partial charge < -0.3 is 19.4 Å². The van der Waals surface area contributed by atoms with Crippen LogP contribution in [0.2, 0.25) is 0 Å². The molecule has 6 nitrogen and oxygen atoms in total. The van der Waals surface area contributed by atoms with Crippen molar-refractivity contribution in [2.75, 3.05) is 33.9 Å². The molecule has 0 aliphatic carbocycles. The normalized spacial score (nSPS) is 11.9. The summed E-state index contributed by atoms with van der Waals surface area (Å²) < 4.78 is 10.7. The van der Waals surface area contributed by atoms with E-state index < -0.39 is 5.41 Å². The van der Waals surface area contributed by atoms with E-state index in [1.54, 1.807) is 13.4 Å². The van der Waals surface area contributed by atoms with E-state index in [2.05, 4.69) is 4.98 Å². The van der Waals surface area contributed by atoms with Gasteiger partial charge in [-0.05, 0) is 31.3 Å². The standard InChI is InChI=1S/C17H24N2O4/c1-17(11-20,12-21)10-19(2)8-14-9-23-16(18-14)13-4-6-15(22-3)7-5-13/h4-7,9,20-21H,8,10-12H2,1-3H3. The largest absolute Gasteiger partial charge is 0.497 e. The minimum absolute atomic E-state index is 0.0657. The molecule has 0 atom stereocenters. The van der Waals surface area contributed by atoms with Crippen LogP contribution >= 0.6 is 0 Å². The highest BCUT2D eigenvalue weighted by Crippen LogP contribution is 2.22. The number of aliphatic hydroxyl groups excluding tert-OH is 2. The molecule has 2 rings (SSSR count). The number of aromatic nitrogens is 1. The topological polar surface area (TPSA) is 79.0 Å². The molecular formula is C17H24N2O4. The molecule has 0 radical (unpaired) electrons. The van der Waals surface area contributed by atoms with Crippen molar-refractivity contribution >= 4 is 0 Å². The maximum Gasteiger partial charge on any atom is 0.226 e. The number of ether oxygens (including phenoxy) is 1. The van der Waals surface area contributed by atoms with Gasteiger partial charge >= 0.3 is 0 Å². The molecule has 126 valence electrons. The van der Waals surface area contributed by atoms with Gasteiger partial charge in [-0.2, -0.15) is 0 Å². The monoisotopic (exact) mass is 320 g/mol. The van der Waals surface area contributed by atoms with E-state index in [-0.39, 0.29) is 13.2 Å². The Bertz CT molecular complexity index is 605. The van der Waals surface area contributed by atoms with Crippen LogP contribution in [0.3, 0.4) is 0 Å². The molecule has 6 heteroatoms. The number of hydrogen-bond donors (Lipinski definition) is 2. The molecule has 1 aromatic heterocycles. The highest BCUT2D eigenvalue weighted by Gasteiger charge is 2.24. The highest BCUT2D eigenvalue weighted by molar-refractivity contribution is 5.54. The predicted octanol–water partition coefficient (Wildman–Crippen LogP) is 1.77. The molecule has 0 bridgehead atoms. The maximum absolute atomic E-state index is 9.36.